The van der Waals surface area contributed by atoms with E-state index in [1.807, 2.05) is 48.5 Å². The summed E-state index contributed by atoms with van der Waals surface area (Å²) in [5.41, 5.74) is 1.53. The zero-order valence-corrected chi connectivity index (χ0v) is 11.7. The zero-order valence-electron chi connectivity index (χ0n) is 11.7. The second-order valence-corrected chi connectivity index (χ2v) is 5.36. The van der Waals surface area contributed by atoms with Crippen LogP contribution in [-0.4, -0.2) is 22.2 Å². The van der Waals surface area contributed by atoms with Crippen molar-refractivity contribution in [1.82, 2.24) is 0 Å². The summed E-state index contributed by atoms with van der Waals surface area (Å²) in [4.78, 5) is 21.6. The Hall–Kier alpha value is -2.88. The Morgan fingerprint density at radius 1 is 0.636 bits per heavy atom. The highest BCUT2D eigenvalue weighted by molar-refractivity contribution is 5.99. The first-order chi connectivity index (χ1) is 10.5. The van der Waals surface area contributed by atoms with E-state index in [4.69, 9.17) is 10.2 Å². The zero-order chi connectivity index (χ0) is 15.7. The molecule has 3 aromatic rings. The van der Waals surface area contributed by atoms with Crippen molar-refractivity contribution in [3.8, 4) is 0 Å². The molecule has 3 rings (SSSR count). The molecule has 2 N–H and O–H groups in total. The molecule has 0 aliphatic heterocycles. The van der Waals surface area contributed by atoms with E-state index in [0.29, 0.717) is 0 Å². The van der Waals surface area contributed by atoms with Crippen LogP contribution in [0.15, 0.2) is 48.5 Å². The highest BCUT2D eigenvalue weighted by Crippen LogP contribution is 2.25. The first-order valence-electron chi connectivity index (χ1n) is 6.90. The number of hydrogen-bond donors (Lipinski definition) is 2. The van der Waals surface area contributed by atoms with E-state index in [-0.39, 0.29) is 12.8 Å². The summed E-state index contributed by atoms with van der Waals surface area (Å²) in [6, 6.07) is 15.2. The van der Waals surface area contributed by atoms with Crippen LogP contribution in [-0.2, 0) is 22.4 Å². The molecule has 0 heterocycles. The van der Waals surface area contributed by atoms with Gasteiger partial charge in [-0.2, -0.15) is 0 Å². The van der Waals surface area contributed by atoms with Gasteiger partial charge >= 0.3 is 11.9 Å². The van der Waals surface area contributed by atoms with Gasteiger partial charge in [-0.05, 0) is 44.8 Å². The molecule has 110 valence electrons. The van der Waals surface area contributed by atoms with Crippen LogP contribution >= 0.6 is 0 Å². The van der Waals surface area contributed by atoms with Crippen LogP contribution in [0.2, 0.25) is 0 Å². The van der Waals surface area contributed by atoms with Crippen LogP contribution in [0.25, 0.3) is 21.5 Å². The summed E-state index contributed by atoms with van der Waals surface area (Å²) in [6.07, 6.45) is 0.0110. The van der Waals surface area contributed by atoms with Crippen LogP contribution in [0.1, 0.15) is 11.1 Å². The maximum Gasteiger partial charge on any atom is 0.307 e. The van der Waals surface area contributed by atoms with Crippen molar-refractivity contribution in [1.29, 1.82) is 0 Å². The van der Waals surface area contributed by atoms with Gasteiger partial charge in [0.15, 0.2) is 0 Å². The molecule has 0 spiro atoms. The number of fused-ring (bicyclic) bond motifs is 2. The molecule has 0 unspecified atom stereocenters. The van der Waals surface area contributed by atoms with Crippen molar-refractivity contribution in [2.75, 3.05) is 0 Å². The average Bonchev–Trinajstić information content (AvgIpc) is 2.44. The van der Waals surface area contributed by atoms with E-state index in [2.05, 4.69) is 0 Å². The summed E-state index contributed by atoms with van der Waals surface area (Å²) in [6.45, 7) is 0. The molecular weight excluding hydrogens is 280 g/mol. The first kappa shape index (κ1) is 14.1. The molecule has 4 nitrogen and oxygen atoms in total. The van der Waals surface area contributed by atoms with Crippen LogP contribution in [0, 0.1) is 0 Å². The van der Waals surface area contributed by atoms with Crippen LogP contribution in [0.5, 0.6) is 0 Å². The van der Waals surface area contributed by atoms with Gasteiger partial charge in [0.1, 0.15) is 0 Å². The van der Waals surface area contributed by atoms with Crippen molar-refractivity contribution in [3.05, 3.63) is 59.7 Å². The minimum Gasteiger partial charge on any atom is -0.481 e. The predicted octanol–water partition coefficient (Wildman–Crippen LogP) is 3.25. The minimum absolute atomic E-state index is 0.00548. The third-order valence-corrected chi connectivity index (χ3v) is 3.64. The molecule has 0 atom stereocenters. The molecule has 0 aliphatic rings. The lowest BCUT2D eigenvalue weighted by Gasteiger charge is -2.06. The standard InChI is InChI=1S/C18H14O4/c19-17(20)7-11-1-3-13-9-16-6-12(8-18(21)22)2-4-14(16)10-15(13)5-11/h1-6,9-10H,7-8H2,(H,19,20)(H,21,22). The van der Waals surface area contributed by atoms with E-state index in [1.165, 1.54) is 0 Å². The highest BCUT2D eigenvalue weighted by Gasteiger charge is 2.05. The second kappa shape index (κ2) is 5.48. The molecule has 0 saturated carbocycles. The Labute approximate surface area is 126 Å². The number of carbonyl (C=O) groups is 2. The molecule has 0 radical (unpaired) electrons. The molecule has 0 aromatic heterocycles. The van der Waals surface area contributed by atoms with E-state index < -0.39 is 11.9 Å². The fourth-order valence-electron chi connectivity index (χ4n) is 2.67. The van der Waals surface area contributed by atoms with Crippen molar-refractivity contribution in [2.24, 2.45) is 0 Å². The normalized spacial score (nSPS) is 10.9. The maximum absolute atomic E-state index is 10.8. The van der Waals surface area contributed by atoms with Crippen LogP contribution < -0.4 is 0 Å². The summed E-state index contributed by atoms with van der Waals surface area (Å²) in [7, 11) is 0. The van der Waals surface area contributed by atoms with E-state index >= 15 is 0 Å². The number of hydrogen-bond acceptors (Lipinski definition) is 2. The third-order valence-electron chi connectivity index (χ3n) is 3.64. The number of aliphatic carboxylic acids is 2. The van der Waals surface area contributed by atoms with Gasteiger partial charge in [-0.25, -0.2) is 0 Å². The number of carboxylic acid groups (broad SMARTS) is 2. The van der Waals surface area contributed by atoms with Gasteiger partial charge in [0, 0.05) is 0 Å². The average molecular weight is 294 g/mol. The molecule has 22 heavy (non-hydrogen) atoms. The fraction of sp³-hybridized carbons (Fsp3) is 0.111. The van der Waals surface area contributed by atoms with Gasteiger partial charge in [0.05, 0.1) is 12.8 Å². The first-order valence-corrected chi connectivity index (χ1v) is 6.90. The van der Waals surface area contributed by atoms with E-state index in [1.54, 1.807) is 0 Å². The molecule has 0 bridgehead atoms. The van der Waals surface area contributed by atoms with E-state index in [9.17, 15) is 9.59 Å². The molecular formula is C18H14O4. The highest BCUT2D eigenvalue weighted by atomic mass is 16.4. The Morgan fingerprint density at radius 3 is 1.41 bits per heavy atom. The van der Waals surface area contributed by atoms with Crippen molar-refractivity contribution in [2.45, 2.75) is 12.8 Å². The van der Waals surface area contributed by atoms with Crippen molar-refractivity contribution >= 4 is 33.5 Å². The Bertz CT molecular complexity index is 821. The molecule has 0 fully saturated rings. The topological polar surface area (TPSA) is 74.6 Å². The number of carboxylic acids is 2. The van der Waals surface area contributed by atoms with E-state index in [0.717, 1.165) is 32.7 Å². The van der Waals surface area contributed by atoms with Crippen LogP contribution in [0.3, 0.4) is 0 Å². The Kier molecular flexibility index (Phi) is 3.51. The van der Waals surface area contributed by atoms with Gasteiger partial charge in [0.2, 0.25) is 0 Å². The second-order valence-electron chi connectivity index (χ2n) is 5.36. The SMILES string of the molecule is O=C(O)Cc1ccc2cc3cc(CC(=O)O)ccc3cc2c1. The lowest BCUT2D eigenvalue weighted by molar-refractivity contribution is -0.137. The van der Waals surface area contributed by atoms with Gasteiger partial charge in [-0.1, -0.05) is 36.4 Å². The van der Waals surface area contributed by atoms with Crippen molar-refractivity contribution < 1.29 is 19.8 Å². The van der Waals surface area contributed by atoms with Gasteiger partial charge in [-0.3, -0.25) is 9.59 Å². The number of rotatable bonds is 4. The molecule has 0 aliphatic carbocycles. The maximum atomic E-state index is 10.8. The third kappa shape index (κ3) is 2.91. The largest absolute Gasteiger partial charge is 0.481 e. The smallest absolute Gasteiger partial charge is 0.307 e. The van der Waals surface area contributed by atoms with Crippen molar-refractivity contribution in [3.63, 3.8) is 0 Å². The molecule has 0 amide bonds. The summed E-state index contributed by atoms with van der Waals surface area (Å²) < 4.78 is 0. The molecule has 4 heteroatoms. The molecule has 3 aromatic carbocycles. The summed E-state index contributed by atoms with van der Waals surface area (Å²) in [5, 5.41) is 21.7. The van der Waals surface area contributed by atoms with Gasteiger partial charge < -0.3 is 10.2 Å². The fourth-order valence-corrected chi connectivity index (χ4v) is 2.67. The molecule has 0 saturated heterocycles. The van der Waals surface area contributed by atoms with Gasteiger partial charge in [-0.15, -0.1) is 0 Å². The number of benzene rings is 3. The Balaban J connectivity index is 2.08. The minimum atomic E-state index is -0.849. The summed E-state index contributed by atoms with van der Waals surface area (Å²) >= 11 is 0. The van der Waals surface area contributed by atoms with Gasteiger partial charge in [0.25, 0.3) is 0 Å². The Morgan fingerprint density at radius 2 is 1.05 bits per heavy atom. The quantitative estimate of drug-likeness (QED) is 0.724. The lowest BCUT2D eigenvalue weighted by Crippen LogP contribution is -2.00. The van der Waals surface area contributed by atoms with Crippen LogP contribution in [0.4, 0.5) is 0 Å². The monoisotopic (exact) mass is 294 g/mol. The lowest BCUT2D eigenvalue weighted by atomic mass is 9.99. The predicted molar refractivity (Wildman–Crippen MR) is 84.1 cm³/mol. The summed E-state index contributed by atoms with van der Waals surface area (Å²) in [5.74, 6) is -1.70.